The highest BCUT2D eigenvalue weighted by Gasteiger charge is 2.05. The molecule has 1 unspecified atom stereocenters. The molecule has 102 valence electrons. The number of hydrogen-bond donors (Lipinski definition) is 1. The molecule has 3 nitrogen and oxygen atoms in total. The molecular weight excluding hydrogens is 234 g/mol. The molecule has 2 aromatic rings. The number of hydrogen-bond acceptors (Lipinski definition) is 3. The van der Waals surface area contributed by atoms with Crippen LogP contribution in [0.3, 0.4) is 0 Å². The van der Waals surface area contributed by atoms with Crippen LogP contribution in [0.5, 0.6) is 0 Å². The first-order chi connectivity index (χ1) is 9.15. The zero-order valence-corrected chi connectivity index (χ0v) is 12.1. The zero-order chi connectivity index (χ0) is 13.7. The first-order valence-corrected chi connectivity index (χ1v) is 7.13. The average molecular weight is 257 g/mol. The maximum absolute atomic E-state index is 4.58. The highest BCUT2D eigenvalue weighted by molar-refractivity contribution is 5.75. The summed E-state index contributed by atoms with van der Waals surface area (Å²) in [5, 5.41) is 3.43. The highest BCUT2D eigenvalue weighted by Crippen LogP contribution is 2.14. The molecule has 0 aliphatic heterocycles. The third-order valence-corrected chi connectivity index (χ3v) is 3.26. The van der Waals surface area contributed by atoms with Crippen molar-refractivity contribution in [3.63, 3.8) is 0 Å². The largest absolute Gasteiger partial charge is 0.366 e. The lowest BCUT2D eigenvalue weighted by Crippen LogP contribution is -2.16. The number of anilines is 1. The number of rotatable bonds is 6. The summed E-state index contributed by atoms with van der Waals surface area (Å²) in [6.07, 6.45) is 5.54. The average Bonchev–Trinajstić information content (AvgIpc) is 2.38. The fourth-order valence-electron chi connectivity index (χ4n) is 2.18. The predicted octanol–water partition coefficient (Wildman–Crippen LogP) is 4.26. The zero-order valence-electron chi connectivity index (χ0n) is 12.1. The standard InChI is InChI=1S/C16H23N3/c1-12(2)7-6-8-13(3)18-16-11-17-14-9-4-5-10-15(14)19-16/h4-5,9-13H,6-8H2,1-3H3,(H,18,19). The van der Waals surface area contributed by atoms with E-state index in [1.165, 1.54) is 19.3 Å². The molecule has 1 N–H and O–H groups in total. The fraction of sp³-hybridized carbons (Fsp3) is 0.500. The molecule has 0 fully saturated rings. The Morgan fingerprint density at radius 1 is 1.05 bits per heavy atom. The smallest absolute Gasteiger partial charge is 0.145 e. The van der Waals surface area contributed by atoms with Gasteiger partial charge in [-0.2, -0.15) is 0 Å². The first-order valence-electron chi connectivity index (χ1n) is 7.13. The Bertz CT molecular complexity index is 522. The van der Waals surface area contributed by atoms with E-state index in [1.807, 2.05) is 30.5 Å². The van der Waals surface area contributed by atoms with Gasteiger partial charge in [0.1, 0.15) is 5.82 Å². The second-order valence-corrected chi connectivity index (χ2v) is 5.61. The van der Waals surface area contributed by atoms with Crippen LogP contribution in [0.25, 0.3) is 11.0 Å². The van der Waals surface area contributed by atoms with Crippen molar-refractivity contribution >= 4 is 16.9 Å². The van der Waals surface area contributed by atoms with Crippen LogP contribution in [-0.4, -0.2) is 16.0 Å². The van der Waals surface area contributed by atoms with Crippen LogP contribution in [0.4, 0.5) is 5.82 Å². The molecular formula is C16H23N3. The molecule has 1 heterocycles. The van der Waals surface area contributed by atoms with Gasteiger partial charge in [0, 0.05) is 6.04 Å². The summed E-state index contributed by atoms with van der Waals surface area (Å²) < 4.78 is 0. The third-order valence-electron chi connectivity index (χ3n) is 3.26. The minimum atomic E-state index is 0.439. The van der Waals surface area contributed by atoms with Gasteiger partial charge in [0.25, 0.3) is 0 Å². The number of aromatic nitrogens is 2. The second kappa shape index (κ2) is 6.50. The first kappa shape index (κ1) is 13.8. The van der Waals surface area contributed by atoms with E-state index >= 15 is 0 Å². The molecule has 19 heavy (non-hydrogen) atoms. The number of benzene rings is 1. The maximum Gasteiger partial charge on any atom is 0.145 e. The van der Waals surface area contributed by atoms with E-state index in [1.54, 1.807) is 0 Å². The van der Waals surface area contributed by atoms with E-state index in [-0.39, 0.29) is 0 Å². The van der Waals surface area contributed by atoms with Crippen molar-refractivity contribution in [1.82, 2.24) is 9.97 Å². The van der Waals surface area contributed by atoms with Crippen LogP contribution < -0.4 is 5.32 Å². The fourth-order valence-corrected chi connectivity index (χ4v) is 2.18. The highest BCUT2D eigenvalue weighted by atomic mass is 15.0. The lowest BCUT2D eigenvalue weighted by atomic mass is 10.0. The SMILES string of the molecule is CC(C)CCCC(C)Nc1cnc2ccccc2n1. The summed E-state index contributed by atoms with van der Waals surface area (Å²) in [5.74, 6) is 1.66. The molecule has 3 heteroatoms. The summed E-state index contributed by atoms with van der Waals surface area (Å²) in [7, 11) is 0. The Balaban J connectivity index is 1.93. The third kappa shape index (κ3) is 4.19. The molecule has 0 saturated heterocycles. The van der Waals surface area contributed by atoms with Gasteiger partial charge >= 0.3 is 0 Å². The van der Waals surface area contributed by atoms with Crippen molar-refractivity contribution in [3.8, 4) is 0 Å². The van der Waals surface area contributed by atoms with Crippen molar-refractivity contribution in [2.24, 2.45) is 5.92 Å². The minimum absolute atomic E-state index is 0.439. The number of para-hydroxylation sites is 2. The topological polar surface area (TPSA) is 37.8 Å². The quantitative estimate of drug-likeness (QED) is 0.840. The summed E-state index contributed by atoms with van der Waals surface area (Å²) in [6, 6.07) is 8.40. The molecule has 0 spiro atoms. The normalized spacial score (nSPS) is 12.8. The lowest BCUT2D eigenvalue weighted by molar-refractivity contribution is 0.520. The Morgan fingerprint density at radius 3 is 2.53 bits per heavy atom. The van der Waals surface area contributed by atoms with Crippen LogP contribution in [0.15, 0.2) is 30.5 Å². The summed E-state index contributed by atoms with van der Waals surface area (Å²) >= 11 is 0. The molecule has 0 radical (unpaired) electrons. The van der Waals surface area contributed by atoms with Crippen LogP contribution in [0.2, 0.25) is 0 Å². The summed E-state index contributed by atoms with van der Waals surface area (Å²) in [4.78, 5) is 9.00. The maximum atomic E-state index is 4.58. The number of nitrogens with zero attached hydrogens (tertiary/aromatic N) is 2. The van der Waals surface area contributed by atoms with E-state index in [0.29, 0.717) is 6.04 Å². The van der Waals surface area contributed by atoms with E-state index < -0.39 is 0 Å². The van der Waals surface area contributed by atoms with Crippen molar-refractivity contribution in [2.75, 3.05) is 5.32 Å². The Kier molecular flexibility index (Phi) is 4.72. The number of nitrogens with one attached hydrogen (secondary N) is 1. The van der Waals surface area contributed by atoms with Gasteiger partial charge in [-0.15, -0.1) is 0 Å². The van der Waals surface area contributed by atoms with Gasteiger partial charge in [0.2, 0.25) is 0 Å². The van der Waals surface area contributed by atoms with Crippen LogP contribution in [0, 0.1) is 5.92 Å². The van der Waals surface area contributed by atoms with Gasteiger partial charge in [0.15, 0.2) is 0 Å². The van der Waals surface area contributed by atoms with Crippen LogP contribution in [-0.2, 0) is 0 Å². The molecule has 0 bridgehead atoms. The van der Waals surface area contributed by atoms with Crippen molar-refractivity contribution in [1.29, 1.82) is 0 Å². The Labute approximate surface area is 115 Å². The van der Waals surface area contributed by atoms with Crippen molar-refractivity contribution in [2.45, 2.75) is 46.1 Å². The lowest BCUT2D eigenvalue weighted by Gasteiger charge is -2.15. The van der Waals surface area contributed by atoms with Gasteiger partial charge < -0.3 is 5.32 Å². The molecule has 0 aliphatic carbocycles. The molecule has 0 amide bonds. The van der Waals surface area contributed by atoms with E-state index in [2.05, 4.69) is 36.1 Å². The van der Waals surface area contributed by atoms with Crippen molar-refractivity contribution in [3.05, 3.63) is 30.5 Å². The van der Waals surface area contributed by atoms with Crippen LogP contribution in [0.1, 0.15) is 40.0 Å². The monoisotopic (exact) mass is 257 g/mol. The summed E-state index contributed by atoms with van der Waals surface area (Å²) in [6.45, 7) is 6.75. The second-order valence-electron chi connectivity index (χ2n) is 5.61. The Morgan fingerprint density at radius 2 is 1.79 bits per heavy atom. The molecule has 1 atom stereocenters. The predicted molar refractivity (Wildman–Crippen MR) is 81.3 cm³/mol. The molecule has 1 aromatic heterocycles. The summed E-state index contributed by atoms with van der Waals surface area (Å²) in [5.41, 5.74) is 1.89. The van der Waals surface area contributed by atoms with E-state index in [0.717, 1.165) is 22.8 Å². The van der Waals surface area contributed by atoms with Crippen LogP contribution >= 0.6 is 0 Å². The van der Waals surface area contributed by atoms with Gasteiger partial charge in [-0.25, -0.2) is 4.98 Å². The van der Waals surface area contributed by atoms with Crippen molar-refractivity contribution < 1.29 is 0 Å². The Hall–Kier alpha value is -1.64. The van der Waals surface area contributed by atoms with Gasteiger partial charge in [0.05, 0.1) is 17.2 Å². The minimum Gasteiger partial charge on any atom is -0.366 e. The van der Waals surface area contributed by atoms with Gasteiger partial charge in [-0.05, 0) is 31.4 Å². The molecule has 2 rings (SSSR count). The molecule has 1 aromatic carbocycles. The number of fused-ring (bicyclic) bond motifs is 1. The van der Waals surface area contributed by atoms with E-state index in [4.69, 9.17) is 0 Å². The molecule has 0 saturated carbocycles. The van der Waals surface area contributed by atoms with E-state index in [9.17, 15) is 0 Å². The molecule has 0 aliphatic rings. The van der Waals surface area contributed by atoms with Gasteiger partial charge in [-0.1, -0.05) is 38.8 Å². The van der Waals surface area contributed by atoms with Gasteiger partial charge in [-0.3, -0.25) is 4.98 Å².